The van der Waals surface area contributed by atoms with E-state index < -0.39 is 0 Å². The van der Waals surface area contributed by atoms with E-state index in [0.717, 1.165) is 35.5 Å². The zero-order chi connectivity index (χ0) is 13.1. The predicted molar refractivity (Wildman–Crippen MR) is 77.1 cm³/mol. The molecule has 2 nitrogen and oxygen atoms in total. The summed E-state index contributed by atoms with van der Waals surface area (Å²) >= 11 is 0. The van der Waals surface area contributed by atoms with E-state index in [9.17, 15) is 0 Å². The lowest BCUT2D eigenvalue weighted by Gasteiger charge is -2.55. The van der Waals surface area contributed by atoms with Gasteiger partial charge in [0.15, 0.2) is 0 Å². The summed E-state index contributed by atoms with van der Waals surface area (Å²) in [5.74, 6) is 5.63. The van der Waals surface area contributed by atoms with Crippen molar-refractivity contribution >= 4 is 0 Å². The summed E-state index contributed by atoms with van der Waals surface area (Å²) in [7, 11) is 0. The number of fused-ring (bicyclic) bond motifs is 8. The predicted octanol–water partition coefficient (Wildman–Crippen LogP) is 3.99. The van der Waals surface area contributed by atoms with Gasteiger partial charge < -0.3 is 9.47 Å². The summed E-state index contributed by atoms with van der Waals surface area (Å²) in [6.45, 7) is 0.582. The van der Waals surface area contributed by atoms with Crippen molar-refractivity contribution in [3.63, 3.8) is 0 Å². The Morgan fingerprint density at radius 2 is 1.35 bits per heavy atom. The molecule has 0 spiro atoms. The first-order chi connectivity index (χ1) is 9.93. The first-order valence-electron chi connectivity index (χ1n) is 9.16. The topological polar surface area (TPSA) is 18.5 Å². The average molecular weight is 276 g/mol. The minimum Gasteiger partial charge on any atom is -0.349 e. The maximum absolute atomic E-state index is 6.16. The van der Waals surface area contributed by atoms with Crippen LogP contribution in [0.25, 0.3) is 0 Å². The number of hydrogen-bond donors (Lipinski definition) is 0. The summed E-state index contributed by atoms with van der Waals surface area (Å²) in [6.07, 6.45) is 14.2. The van der Waals surface area contributed by atoms with E-state index in [-0.39, 0.29) is 0 Å². The van der Waals surface area contributed by atoms with Gasteiger partial charge in [-0.05, 0) is 67.6 Å². The summed E-state index contributed by atoms with van der Waals surface area (Å²) < 4.78 is 12.3. The third kappa shape index (κ3) is 1.64. The molecule has 5 rings (SSSR count). The molecule has 0 radical (unpaired) electrons. The zero-order valence-corrected chi connectivity index (χ0v) is 12.5. The van der Waals surface area contributed by atoms with Gasteiger partial charge in [0.05, 0.1) is 12.2 Å². The average Bonchev–Trinajstić information content (AvgIpc) is 3.15. The van der Waals surface area contributed by atoms with Gasteiger partial charge in [-0.1, -0.05) is 25.7 Å². The molecule has 0 N–H and O–H groups in total. The van der Waals surface area contributed by atoms with Crippen LogP contribution in [0.2, 0.25) is 0 Å². The first kappa shape index (κ1) is 12.5. The molecule has 2 heteroatoms. The van der Waals surface area contributed by atoms with Crippen molar-refractivity contribution in [1.29, 1.82) is 0 Å². The van der Waals surface area contributed by atoms with Gasteiger partial charge in [-0.3, -0.25) is 0 Å². The van der Waals surface area contributed by atoms with Crippen LogP contribution in [0.3, 0.4) is 0 Å². The lowest BCUT2D eigenvalue weighted by atomic mass is 9.52. The number of rotatable bonds is 0. The molecule has 0 bridgehead atoms. The summed E-state index contributed by atoms with van der Waals surface area (Å²) in [6, 6.07) is 0. The molecule has 0 aromatic carbocycles. The molecule has 8 atom stereocenters. The van der Waals surface area contributed by atoms with Crippen molar-refractivity contribution in [2.75, 3.05) is 6.79 Å². The van der Waals surface area contributed by atoms with E-state index in [4.69, 9.17) is 9.47 Å². The maximum Gasteiger partial charge on any atom is 0.147 e. The molecule has 112 valence electrons. The van der Waals surface area contributed by atoms with E-state index in [1.165, 1.54) is 57.8 Å². The van der Waals surface area contributed by atoms with Gasteiger partial charge in [0, 0.05) is 0 Å². The van der Waals surface area contributed by atoms with Crippen molar-refractivity contribution in [3.05, 3.63) is 0 Å². The van der Waals surface area contributed by atoms with Crippen LogP contribution >= 0.6 is 0 Å². The van der Waals surface area contributed by atoms with Crippen LogP contribution in [-0.2, 0) is 9.47 Å². The minimum atomic E-state index is 0.459. The highest BCUT2D eigenvalue weighted by Crippen LogP contribution is 2.59. The Labute approximate surface area is 122 Å². The van der Waals surface area contributed by atoms with Crippen molar-refractivity contribution in [3.8, 4) is 0 Å². The van der Waals surface area contributed by atoms with Gasteiger partial charge in [-0.15, -0.1) is 0 Å². The fraction of sp³-hybridized carbons (Fsp3) is 1.00. The smallest absolute Gasteiger partial charge is 0.147 e. The Hall–Kier alpha value is -0.0800. The van der Waals surface area contributed by atoms with Crippen LogP contribution in [-0.4, -0.2) is 19.0 Å². The van der Waals surface area contributed by atoms with Crippen LogP contribution in [0.4, 0.5) is 0 Å². The van der Waals surface area contributed by atoms with Crippen LogP contribution in [0, 0.1) is 35.5 Å². The Bertz CT molecular complexity index is 382. The molecular formula is C18H28O2. The van der Waals surface area contributed by atoms with Crippen LogP contribution in [0.15, 0.2) is 0 Å². The SMILES string of the molecule is C1CCC2C(C1)C1CCC3CCCC3C1C1OCOC21. The van der Waals surface area contributed by atoms with Gasteiger partial charge in [0.2, 0.25) is 0 Å². The van der Waals surface area contributed by atoms with Gasteiger partial charge in [-0.2, -0.15) is 0 Å². The van der Waals surface area contributed by atoms with Crippen LogP contribution in [0.1, 0.15) is 57.8 Å². The summed E-state index contributed by atoms with van der Waals surface area (Å²) in [4.78, 5) is 0. The maximum atomic E-state index is 6.16. The molecule has 1 saturated heterocycles. The monoisotopic (exact) mass is 276 g/mol. The van der Waals surface area contributed by atoms with E-state index in [1.807, 2.05) is 0 Å². The molecule has 20 heavy (non-hydrogen) atoms. The second-order valence-electron chi connectivity index (χ2n) is 8.17. The van der Waals surface area contributed by atoms with Gasteiger partial charge in [0.1, 0.15) is 6.79 Å². The minimum absolute atomic E-state index is 0.459. The van der Waals surface area contributed by atoms with E-state index in [2.05, 4.69) is 0 Å². The molecule has 0 aromatic heterocycles. The van der Waals surface area contributed by atoms with E-state index >= 15 is 0 Å². The Balaban J connectivity index is 1.51. The first-order valence-corrected chi connectivity index (χ1v) is 9.16. The quantitative estimate of drug-likeness (QED) is 0.666. The Morgan fingerprint density at radius 1 is 0.550 bits per heavy atom. The highest BCUT2D eigenvalue weighted by atomic mass is 16.7. The van der Waals surface area contributed by atoms with Crippen molar-refractivity contribution in [2.45, 2.75) is 70.0 Å². The van der Waals surface area contributed by atoms with Crippen molar-refractivity contribution in [2.24, 2.45) is 35.5 Å². The summed E-state index contributed by atoms with van der Waals surface area (Å²) in [5.41, 5.74) is 0. The summed E-state index contributed by atoms with van der Waals surface area (Å²) in [5, 5.41) is 0. The molecule has 1 heterocycles. The molecule has 4 aliphatic carbocycles. The zero-order valence-electron chi connectivity index (χ0n) is 12.5. The van der Waals surface area contributed by atoms with Gasteiger partial charge >= 0.3 is 0 Å². The fourth-order valence-corrected chi connectivity index (χ4v) is 7.05. The highest BCUT2D eigenvalue weighted by molar-refractivity contribution is 5.06. The third-order valence-corrected chi connectivity index (χ3v) is 7.65. The lowest BCUT2D eigenvalue weighted by molar-refractivity contribution is -0.117. The molecule has 4 saturated carbocycles. The van der Waals surface area contributed by atoms with Crippen LogP contribution < -0.4 is 0 Å². The second-order valence-corrected chi connectivity index (χ2v) is 8.17. The standard InChI is InChI=1S/C18H28O2/c1-2-6-15-13(5-1)14-9-8-11-4-3-7-12(11)16(14)18-17(15)19-10-20-18/h11-18H,1-10H2. The van der Waals surface area contributed by atoms with Crippen LogP contribution in [0.5, 0.6) is 0 Å². The van der Waals surface area contributed by atoms with Gasteiger partial charge in [0.25, 0.3) is 0 Å². The van der Waals surface area contributed by atoms with Crippen molar-refractivity contribution in [1.82, 2.24) is 0 Å². The molecule has 5 fully saturated rings. The fourth-order valence-electron chi connectivity index (χ4n) is 7.05. The number of hydrogen-bond acceptors (Lipinski definition) is 2. The highest BCUT2D eigenvalue weighted by Gasteiger charge is 2.58. The van der Waals surface area contributed by atoms with E-state index in [1.54, 1.807) is 0 Å². The van der Waals surface area contributed by atoms with E-state index in [0.29, 0.717) is 19.0 Å². The van der Waals surface area contributed by atoms with Gasteiger partial charge in [-0.25, -0.2) is 0 Å². The molecule has 0 aromatic rings. The lowest BCUT2D eigenvalue weighted by Crippen LogP contribution is -2.56. The Kier molecular flexibility index (Phi) is 2.93. The Morgan fingerprint density at radius 3 is 2.30 bits per heavy atom. The second kappa shape index (κ2) is 4.71. The molecule has 1 aliphatic heterocycles. The molecule has 5 aliphatic rings. The van der Waals surface area contributed by atoms with Crippen molar-refractivity contribution < 1.29 is 9.47 Å². The largest absolute Gasteiger partial charge is 0.349 e. The molecular weight excluding hydrogens is 248 g/mol. The molecule has 0 amide bonds. The molecule has 8 unspecified atom stereocenters. The third-order valence-electron chi connectivity index (χ3n) is 7.65. The number of ether oxygens (including phenoxy) is 2. The normalized spacial score (nSPS) is 57.6.